The maximum Gasteiger partial charge on any atom is 0.465 e. The minimum absolute atomic E-state index is 0.0193. The van der Waals surface area contributed by atoms with Crippen molar-refractivity contribution in [1.82, 2.24) is 0 Å². The average Bonchev–Trinajstić information content (AvgIpc) is 3.40. The molecule has 0 aromatic rings. The second kappa shape index (κ2) is 8.26. The van der Waals surface area contributed by atoms with Crippen molar-refractivity contribution in [3.8, 4) is 0 Å². The number of halogens is 2. The van der Waals surface area contributed by atoms with Crippen LogP contribution >= 0.6 is 0 Å². The van der Waals surface area contributed by atoms with Gasteiger partial charge in [0.15, 0.2) is 18.4 Å². The number of hydrogen-bond donors (Lipinski definition) is 1. The minimum Gasteiger partial charge on any atom is -0.454 e. The van der Waals surface area contributed by atoms with Crippen LogP contribution in [0.25, 0.3) is 0 Å². The van der Waals surface area contributed by atoms with Crippen LogP contribution in [0.4, 0.5) is 8.78 Å². The molecule has 4 saturated carbocycles. The van der Waals surface area contributed by atoms with Gasteiger partial charge in [-0.1, -0.05) is 0 Å². The highest BCUT2D eigenvalue weighted by atomic mass is 32.2. The Morgan fingerprint density at radius 3 is 2.49 bits per heavy atom. The summed E-state index contributed by atoms with van der Waals surface area (Å²) in [5, 5.41) is -5.07. The lowest BCUT2D eigenvalue weighted by atomic mass is 9.51. The van der Waals surface area contributed by atoms with Crippen LogP contribution < -0.4 is 0 Å². The molecule has 1 spiro atoms. The normalized spacial score (nSPS) is 46.7. The molecule has 4 bridgehead atoms. The first kappa shape index (κ1) is 25.8. The van der Waals surface area contributed by atoms with Crippen molar-refractivity contribution in [1.29, 1.82) is 0 Å². The van der Waals surface area contributed by atoms with E-state index in [0.717, 1.165) is 0 Å². The van der Waals surface area contributed by atoms with Crippen LogP contribution in [0.1, 0.15) is 46.0 Å². The van der Waals surface area contributed by atoms with Gasteiger partial charge in [-0.05, 0) is 51.9 Å². The van der Waals surface area contributed by atoms with Gasteiger partial charge in [0.1, 0.15) is 23.7 Å². The molecule has 0 aromatic carbocycles. The minimum atomic E-state index is -5.98. The summed E-state index contributed by atoms with van der Waals surface area (Å²) in [5.41, 5.74) is -1.33. The topological polar surface area (TPSA) is 153 Å². The molecule has 3 saturated heterocycles. The van der Waals surface area contributed by atoms with Crippen LogP contribution in [0.5, 0.6) is 0 Å². The van der Waals surface area contributed by atoms with E-state index >= 15 is 0 Å². The molecular weight excluding hydrogens is 526 g/mol. The van der Waals surface area contributed by atoms with E-state index in [0.29, 0.717) is 25.9 Å². The van der Waals surface area contributed by atoms with E-state index in [9.17, 15) is 26.8 Å². The third-order valence-electron chi connectivity index (χ3n) is 8.53. The van der Waals surface area contributed by atoms with Gasteiger partial charge >= 0.3 is 27.3 Å². The highest BCUT2D eigenvalue weighted by Crippen LogP contribution is 2.66. The molecule has 208 valence electrons. The van der Waals surface area contributed by atoms with Gasteiger partial charge < -0.3 is 33.2 Å². The van der Waals surface area contributed by atoms with Gasteiger partial charge in [0.2, 0.25) is 6.29 Å². The predicted molar refractivity (Wildman–Crippen MR) is 112 cm³/mol. The van der Waals surface area contributed by atoms with Crippen molar-refractivity contribution in [3.63, 3.8) is 0 Å². The van der Waals surface area contributed by atoms with Gasteiger partial charge in [0.05, 0.1) is 0 Å². The van der Waals surface area contributed by atoms with Crippen molar-refractivity contribution in [2.24, 2.45) is 23.7 Å². The lowest BCUT2D eigenvalue weighted by Crippen LogP contribution is -2.66. The third-order valence-corrected chi connectivity index (χ3v) is 9.34. The Balaban J connectivity index is 1.18. The molecule has 7 fully saturated rings. The summed E-state index contributed by atoms with van der Waals surface area (Å²) in [5.74, 6) is -5.54. The summed E-state index contributed by atoms with van der Waals surface area (Å²) >= 11 is 0. The third kappa shape index (κ3) is 3.76. The first-order chi connectivity index (χ1) is 17.3. The van der Waals surface area contributed by atoms with Crippen LogP contribution in [0.15, 0.2) is 0 Å². The quantitative estimate of drug-likeness (QED) is 0.274. The van der Waals surface area contributed by atoms with Crippen LogP contribution in [-0.4, -0.2) is 79.2 Å². The molecule has 15 heteroatoms. The fourth-order valence-electron chi connectivity index (χ4n) is 7.37. The highest BCUT2D eigenvalue weighted by molar-refractivity contribution is 7.87. The number of hydrogen-bond acceptors (Lipinski definition) is 11. The van der Waals surface area contributed by atoms with Crippen molar-refractivity contribution < 1.29 is 64.5 Å². The maximum absolute atomic E-state index is 13.9. The predicted octanol–water partition coefficient (Wildman–Crippen LogP) is 1.32. The SMILES string of the molecule is CCOC(C)OC1OC(=O)C2C1OC1OC3(OC12)C1CC2CC3CC(OC(=O)C(F)(F)S(=O)(=O)O)(C2)C1. The van der Waals surface area contributed by atoms with Crippen molar-refractivity contribution in [2.75, 3.05) is 6.61 Å². The molecule has 3 aliphatic heterocycles. The van der Waals surface area contributed by atoms with E-state index in [1.54, 1.807) is 13.8 Å². The molecule has 7 aliphatic rings. The van der Waals surface area contributed by atoms with Crippen LogP contribution in [0.3, 0.4) is 0 Å². The Bertz CT molecular complexity index is 1080. The van der Waals surface area contributed by atoms with Gasteiger partial charge in [-0.2, -0.15) is 17.2 Å². The zero-order valence-corrected chi connectivity index (χ0v) is 20.9. The van der Waals surface area contributed by atoms with Gasteiger partial charge in [-0.3, -0.25) is 9.35 Å². The number of esters is 2. The first-order valence-corrected chi connectivity index (χ1v) is 13.8. The molecule has 0 amide bonds. The Kier molecular flexibility index (Phi) is 5.75. The highest BCUT2D eigenvalue weighted by Gasteiger charge is 2.74. The van der Waals surface area contributed by atoms with E-state index in [-0.39, 0.29) is 30.6 Å². The fourth-order valence-corrected chi connectivity index (χ4v) is 7.63. The largest absolute Gasteiger partial charge is 0.465 e. The van der Waals surface area contributed by atoms with Crippen LogP contribution in [-0.2, 0) is 52.9 Å². The molecule has 8 atom stereocenters. The Labute approximate surface area is 210 Å². The number of carbonyl (C=O) groups is 2. The van der Waals surface area contributed by atoms with E-state index in [4.69, 9.17) is 37.7 Å². The van der Waals surface area contributed by atoms with E-state index in [1.807, 2.05) is 0 Å². The molecule has 12 nitrogen and oxygen atoms in total. The Morgan fingerprint density at radius 1 is 1.19 bits per heavy atom. The summed E-state index contributed by atoms with van der Waals surface area (Å²) in [6.45, 7) is 3.88. The summed E-state index contributed by atoms with van der Waals surface area (Å²) in [6, 6.07) is 0. The second-order valence-electron chi connectivity index (χ2n) is 10.8. The second-order valence-corrected chi connectivity index (χ2v) is 12.3. The lowest BCUT2D eigenvalue weighted by molar-refractivity contribution is -0.345. The molecule has 0 aromatic heterocycles. The summed E-state index contributed by atoms with van der Waals surface area (Å²) < 4.78 is 99.0. The molecule has 0 radical (unpaired) electrons. The van der Waals surface area contributed by atoms with Gasteiger partial charge in [0, 0.05) is 18.4 Å². The van der Waals surface area contributed by atoms with Gasteiger partial charge in [0.25, 0.3) is 0 Å². The van der Waals surface area contributed by atoms with Gasteiger partial charge in [-0.25, -0.2) is 4.79 Å². The summed E-state index contributed by atoms with van der Waals surface area (Å²) in [7, 11) is -5.98. The molecular formula is C22H28F2O12S. The van der Waals surface area contributed by atoms with E-state index in [1.165, 1.54) is 0 Å². The summed E-state index contributed by atoms with van der Waals surface area (Å²) in [6.07, 6.45) is -2.31. The first-order valence-electron chi connectivity index (χ1n) is 12.4. The van der Waals surface area contributed by atoms with Crippen LogP contribution in [0, 0.1) is 23.7 Å². The standard InChI is InChI=1S/C22H28F2O12S/c1-3-30-9(2)31-17-14-13(16(25)33-17)15-18(32-14)35-21(34-15)11-4-10-5-12(21)8-20(6-10,7-11)36-19(26)22(23,24)37(27,28)29/h9-15,17-18H,3-8H2,1-2H3,(H,27,28,29). The molecule has 8 unspecified atom stereocenters. The fraction of sp³-hybridized carbons (Fsp3) is 0.909. The number of alkyl halides is 2. The monoisotopic (exact) mass is 554 g/mol. The number of rotatable bonds is 7. The van der Waals surface area contributed by atoms with Gasteiger partial charge in [-0.15, -0.1) is 0 Å². The molecule has 3 heterocycles. The van der Waals surface area contributed by atoms with Crippen LogP contribution in [0.2, 0.25) is 0 Å². The number of ether oxygens (including phenoxy) is 7. The smallest absolute Gasteiger partial charge is 0.454 e. The molecule has 37 heavy (non-hydrogen) atoms. The number of cyclic esters (lactones) is 1. The van der Waals surface area contributed by atoms with Crippen molar-refractivity contribution in [3.05, 3.63) is 0 Å². The zero-order valence-electron chi connectivity index (χ0n) is 20.0. The Morgan fingerprint density at radius 2 is 1.86 bits per heavy atom. The summed E-state index contributed by atoms with van der Waals surface area (Å²) in [4.78, 5) is 24.8. The van der Waals surface area contributed by atoms with Crippen molar-refractivity contribution >= 4 is 22.1 Å². The zero-order chi connectivity index (χ0) is 26.5. The Hall–Kier alpha value is -1.49. The average molecular weight is 555 g/mol. The van der Waals surface area contributed by atoms with E-state index in [2.05, 4.69) is 0 Å². The van der Waals surface area contributed by atoms with Crippen molar-refractivity contribution in [2.45, 2.75) is 93.7 Å². The molecule has 7 rings (SSSR count). The molecule has 4 aliphatic carbocycles. The maximum atomic E-state index is 13.9. The van der Waals surface area contributed by atoms with E-state index < -0.39 is 75.7 Å². The number of fused-ring (bicyclic) bond motifs is 3. The number of carbonyl (C=O) groups excluding carboxylic acids is 2. The molecule has 1 N–H and O–H groups in total. The lowest BCUT2D eigenvalue weighted by Gasteiger charge is -2.62.